The Kier molecular flexibility index (Phi) is 5.12. The van der Waals surface area contributed by atoms with Crippen LogP contribution in [-0.2, 0) is 9.53 Å². The van der Waals surface area contributed by atoms with Crippen LogP contribution in [0, 0.1) is 0 Å². The standard InChI is InChI=1S/C17H22N2O4/c20-16(13-15-7-4-12-22-15)18-8-10-19(11-9-18)17(21)23-14-5-2-1-3-6-14/h1-3,5-6,15H,4,7-13H2. The quantitative estimate of drug-likeness (QED) is 0.854. The van der Waals surface area contributed by atoms with Gasteiger partial charge in [0, 0.05) is 32.8 Å². The zero-order valence-electron chi connectivity index (χ0n) is 13.1. The van der Waals surface area contributed by atoms with Crippen LogP contribution >= 0.6 is 0 Å². The van der Waals surface area contributed by atoms with Gasteiger partial charge in [0.05, 0.1) is 12.5 Å². The SMILES string of the molecule is O=C(CC1CCCO1)N1CCN(C(=O)Oc2ccccc2)CC1. The number of benzene rings is 1. The van der Waals surface area contributed by atoms with Crippen LogP contribution in [0.4, 0.5) is 4.79 Å². The van der Waals surface area contributed by atoms with Crippen LogP contribution in [-0.4, -0.2) is 60.7 Å². The molecule has 3 rings (SSSR count). The molecule has 2 saturated heterocycles. The number of piperazine rings is 1. The highest BCUT2D eigenvalue weighted by molar-refractivity contribution is 5.77. The lowest BCUT2D eigenvalue weighted by Crippen LogP contribution is -2.51. The van der Waals surface area contributed by atoms with Crippen molar-refractivity contribution in [3.05, 3.63) is 30.3 Å². The molecule has 1 atom stereocenters. The van der Waals surface area contributed by atoms with Gasteiger partial charge in [-0.2, -0.15) is 0 Å². The number of rotatable bonds is 3. The van der Waals surface area contributed by atoms with Gasteiger partial charge in [0.2, 0.25) is 5.91 Å². The summed E-state index contributed by atoms with van der Waals surface area (Å²) >= 11 is 0. The second-order valence-electron chi connectivity index (χ2n) is 5.89. The Balaban J connectivity index is 1.44. The highest BCUT2D eigenvalue weighted by Crippen LogP contribution is 2.17. The number of hydrogen-bond donors (Lipinski definition) is 0. The summed E-state index contributed by atoms with van der Waals surface area (Å²) in [7, 11) is 0. The van der Waals surface area contributed by atoms with Gasteiger partial charge < -0.3 is 19.3 Å². The molecular weight excluding hydrogens is 296 g/mol. The zero-order chi connectivity index (χ0) is 16.1. The molecular formula is C17H22N2O4. The van der Waals surface area contributed by atoms with E-state index in [0.29, 0.717) is 38.3 Å². The normalized spacial score (nSPS) is 21.3. The molecule has 1 aromatic rings. The van der Waals surface area contributed by atoms with E-state index >= 15 is 0 Å². The van der Waals surface area contributed by atoms with Crippen LogP contribution < -0.4 is 4.74 Å². The van der Waals surface area contributed by atoms with E-state index in [4.69, 9.17) is 9.47 Å². The van der Waals surface area contributed by atoms with Crippen molar-refractivity contribution in [3.8, 4) is 5.75 Å². The van der Waals surface area contributed by atoms with Crippen LogP contribution in [0.2, 0.25) is 0 Å². The van der Waals surface area contributed by atoms with Gasteiger partial charge in [-0.25, -0.2) is 4.79 Å². The molecule has 2 aliphatic rings. The Morgan fingerprint density at radius 1 is 1.09 bits per heavy atom. The van der Waals surface area contributed by atoms with Crippen molar-refractivity contribution in [2.75, 3.05) is 32.8 Å². The van der Waals surface area contributed by atoms with E-state index in [9.17, 15) is 9.59 Å². The zero-order valence-corrected chi connectivity index (χ0v) is 13.1. The molecule has 2 aliphatic heterocycles. The maximum atomic E-state index is 12.2. The molecule has 0 radical (unpaired) electrons. The average molecular weight is 318 g/mol. The number of carbonyl (C=O) groups is 2. The molecule has 6 nitrogen and oxygen atoms in total. The maximum Gasteiger partial charge on any atom is 0.415 e. The summed E-state index contributed by atoms with van der Waals surface area (Å²) < 4.78 is 10.8. The summed E-state index contributed by atoms with van der Waals surface area (Å²) in [6.07, 6.45) is 2.17. The average Bonchev–Trinajstić information content (AvgIpc) is 3.09. The maximum absolute atomic E-state index is 12.2. The summed E-state index contributed by atoms with van der Waals surface area (Å²) in [5.41, 5.74) is 0. The van der Waals surface area contributed by atoms with E-state index < -0.39 is 0 Å². The first-order chi connectivity index (χ1) is 11.2. The van der Waals surface area contributed by atoms with E-state index in [0.717, 1.165) is 19.4 Å². The molecule has 23 heavy (non-hydrogen) atoms. The summed E-state index contributed by atoms with van der Waals surface area (Å²) in [5.74, 6) is 0.655. The van der Waals surface area contributed by atoms with Crippen molar-refractivity contribution in [1.82, 2.24) is 9.80 Å². The molecule has 0 saturated carbocycles. The molecule has 0 N–H and O–H groups in total. The lowest BCUT2D eigenvalue weighted by atomic mass is 10.1. The molecule has 0 spiro atoms. The summed E-state index contributed by atoms with van der Waals surface area (Å²) in [6.45, 7) is 2.87. The molecule has 1 aromatic carbocycles. The minimum atomic E-state index is -0.359. The highest BCUT2D eigenvalue weighted by Gasteiger charge is 2.27. The van der Waals surface area contributed by atoms with Gasteiger partial charge in [-0.3, -0.25) is 4.79 Å². The highest BCUT2D eigenvalue weighted by atomic mass is 16.6. The monoisotopic (exact) mass is 318 g/mol. The second-order valence-corrected chi connectivity index (χ2v) is 5.89. The van der Waals surface area contributed by atoms with Crippen LogP contribution in [0.15, 0.2) is 30.3 Å². The van der Waals surface area contributed by atoms with Crippen molar-refractivity contribution < 1.29 is 19.1 Å². The third-order valence-corrected chi connectivity index (χ3v) is 4.27. The molecule has 0 bridgehead atoms. The van der Waals surface area contributed by atoms with Crippen LogP contribution in [0.1, 0.15) is 19.3 Å². The summed E-state index contributed by atoms with van der Waals surface area (Å²) in [6, 6.07) is 9.02. The third-order valence-electron chi connectivity index (χ3n) is 4.27. The number of ether oxygens (including phenoxy) is 2. The molecule has 0 aromatic heterocycles. The van der Waals surface area contributed by atoms with E-state index in [1.54, 1.807) is 17.0 Å². The first-order valence-electron chi connectivity index (χ1n) is 8.13. The van der Waals surface area contributed by atoms with E-state index in [1.807, 2.05) is 23.1 Å². The second kappa shape index (κ2) is 7.46. The first kappa shape index (κ1) is 15.8. The summed E-state index contributed by atoms with van der Waals surface area (Å²) in [4.78, 5) is 27.8. The first-order valence-corrected chi connectivity index (χ1v) is 8.13. The van der Waals surface area contributed by atoms with Crippen LogP contribution in [0.3, 0.4) is 0 Å². The molecule has 2 amide bonds. The third kappa shape index (κ3) is 4.22. The predicted molar refractivity (Wildman–Crippen MR) is 84.2 cm³/mol. The number of para-hydroxylation sites is 1. The molecule has 2 heterocycles. The van der Waals surface area contributed by atoms with Crippen molar-refractivity contribution >= 4 is 12.0 Å². The Hall–Kier alpha value is -2.08. The minimum Gasteiger partial charge on any atom is -0.410 e. The fourth-order valence-corrected chi connectivity index (χ4v) is 2.92. The van der Waals surface area contributed by atoms with Crippen LogP contribution in [0.5, 0.6) is 5.75 Å². The molecule has 0 aliphatic carbocycles. The number of nitrogens with zero attached hydrogens (tertiary/aromatic N) is 2. The van der Waals surface area contributed by atoms with E-state index in [2.05, 4.69) is 0 Å². The number of hydrogen-bond acceptors (Lipinski definition) is 4. The number of carbonyl (C=O) groups excluding carboxylic acids is 2. The van der Waals surface area contributed by atoms with Crippen LogP contribution in [0.25, 0.3) is 0 Å². The van der Waals surface area contributed by atoms with Crippen molar-refractivity contribution in [2.45, 2.75) is 25.4 Å². The molecule has 1 unspecified atom stereocenters. The van der Waals surface area contributed by atoms with E-state index in [1.165, 1.54) is 0 Å². The summed E-state index contributed by atoms with van der Waals surface area (Å²) in [5, 5.41) is 0. The lowest BCUT2D eigenvalue weighted by molar-refractivity contribution is -0.135. The largest absolute Gasteiger partial charge is 0.415 e. The van der Waals surface area contributed by atoms with Gasteiger partial charge in [-0.15, -0.1) is 0 Å². The predicted octanol–water partition coefficient (Wildman–Crippen LogP) is 1.90. The Morgan fingerprint density at radius 3 is 2.43 bits per heavy atom. The lowest BCUT2D eigenvalue weighted by Gasteiger charge is -2.34. The van der Waals surface area contributed by atoms with Gasteiger partial charge in [0.1, 0.15) is 5.75 Å². The number of amides is 2. The van der Waals surface area contributed by atoms with Gasteiger partial charge >= 0.3 is 6.09 Å². The minimum absolute atomic E-state index is 0.0728. The Labute approximate surface area is 136 Å². The fraction of sp³-hybridized carbons (Fsp3) is 0.529. The van der Waals surface area contributed by atoms with Gasteiger partial charge in [0.15, 0.2) is 0 Å². The Bertz CT molecular complexity index is 535. The molecule has 124 valence electrons. The van der Waals surface area contributed by atoms with E-state index in [-0.39, 0.29) is 18.1 Å². The fourth-order valence-electron chi connectivity index (χ4n) is 2.92. The molecule has 6 heteroatoms. The van der Waals surface area contributed by atoms with Crippen molar-refractivity contribution in [2.24, 2.45) is 0 Å². The van der Waals surface area contributed by atoms with Gasteiger partial charge in [-0.05, 0) is 25.0 Å². The van der Waals surface area contributed by atoms with Crippen molar-refractivity contribution in [1.29, 1.82) is 0 Å². The smallest absolute Gasteiger partial charge is 0.410 e. The molecule has 2 fully saturated rings. The van der Waals surface area contributed by atoms with Gasteiger partial charge in [0.25, 0.3) is 0 Å². The Morgan fingerprint density at radius 2 is 1.78 bits per heavy atom. The van der Waals surface area contributed by atoms with Gasteiger partial charge in [-0.1, -0.05) is 18.2 Å². The van der Waals surface area contributed by atoms with Crippen molar-refractivity contribution in [3.63, 3.8) is 0 Å². The topological polar surface area (TPSA) is 59.1 Å².